The molecular weight excluding hydrogens is 296 g/mol. The third-order valence-electron chi connectivity index (χ3n) is 2.67. The molecule has 1 aromatic carbocycles. The van der Waals surface area contributed by atoms with Crippen LogP contribution in [0.3, 0.4) is 0 Å². The first-order chi connectivity index (χ1) is 8.71. The summed E-state index contributed by atoms with van der Waals surface area (Å²) in [6.45, 7) is 3.58. The molecule has 0 radical (unpaired) electrons. The monoisotopic (exact) mass is 316 g/mol. The highest BCUT2D eigenvalue weighted by Gasteiger charge is 2.08. The number of hydrogen-bond donors (Lipinski definition) is 1. The Balaban J connectivity index is 2.84. The van der Waals surface area contributed by atoms with Crippen LogP contribution in [0.2, 0.25) is 0 Å². The van der Waals surface area contributed by atoms with E-state index in [9.17, 15) is 0 Å². The van der Waals surface area contributed by atoms with Crippen LogP contribution >= 0.6 is 15.9 Å². The Bertz CT molecular complexity index is 353. The van der Waals surface area contributed by atoms with Gasteiger partial charge in [-0.2, -0.15) is 0 Å². The second-order valence-corrected chi connectivity index (χ2v) is 4.91. The molecule has 18 heavy (non-hydrogen) atoms. The van der Waals surface area contributed by atoms with Gasteiger partial charge in [0.2, 0.25) is 0 Å². The van der Waals surface area contributed by atoms with Crippen LogP contribution in [0.25, 0.3) is 0 Å². The lowest BCUT2D eigenvalue weighted by Crippen LogP contribution is -2.30. The summed E-state index contributed by atoms with van der Waals surface area (Å²) in [5, 5.41) is 0. The Hall–Kier alpha value is -0.620. The average molecular weight is 317 g/mol. The van der Waals surface area contributed by atoms with Gasteiger partial charge in [0, 0.05) is 44.0 Å². The van der Waals surface area contributed by atoms with Crippen molar-refractivity contribution >= 4 is 21.6 Å². The molecule has 2 N–H and O–H groups in total. The van der Waals surface area contributed by atoms with Gasteiger partial charge in [-0.3, -0.25) is 0 Å². The first kappa shape index (κ1) is 15.4. The molecule has 0 saturated carbocycles. The van der Waals surface area contributed by atoms with Crippen molar-refractivity contribution in [1.82, 2.24) is 0 Å². The molecule has 0 bridgehead atoms. The minimum Gasteiger partial charge on any atom is -0.383 e. The predicted octanol–water partition coefficient (Wildman–Crippen LogP) is 2.01. The van der Waals surface area contributed by atoms with E-state index in [0.717, 1.165) is 28.8 Å². The van der Waals surface area contributed by atoms with E-state index in [1.807, 2.05) is 6.07 Å². The van der Waals surface area contributed by atoms with Crippen LogP contribution in [0, 0.1) is 0 Å². The summed E-state index contributed by atoms with van der Waals surface area (Å²) in [7, 11) is 3.42. The number of halogens is 1. The molecule has 1 aromatic rings. The van der Waals surface area contributed by atoms with Crippen LogP contribution in [-0.2, 0) is 16.0 Å². The summed E-state index contributed by atoms with van der Waals surface area (Å²) in [6, 6.07) is 6.23. The van der Waals surface area contributed by atoms with Gasteiger partial charge < -0.3 is 20.1 Å². The fraction of sp³-hybridized carbons (Fsp3) is 0.538. The maximum Gasteiger partial charge on any atom is 0.0637 e. The van der Waals surface area contributed by atoms with Crippen LogP contribution in [0.15, 0.2) is 22.7 Å². The first-order valence-corrected chi connectivity index (χ1v) is 6.73. The van der Waals surface area contributed by atoms with Crippen molar-refractivity contribution in [3.05, 3.63) is 28.2 Å². The van der Waals surface area contributed by atoms with Gasteiger partial charge in [-0.25, -0.2) is 0 Å². The summed E-state index contributed by atoms with van der Waals surface area (Å²) >= 11 is 3.51. The zero-order chi connectivity index (χ0) is 13.4. The lowest BCUT2D eigenvalue weighted by atomic mass is 10.2. The zero-order valence-corrected chi connectivity index (χ0v) is 12.6. The molecule has 0 aliphatic heterocycles. The number of rotatable bonds is 8. The van der Waals surface area contributed by atoms with E-state index in [0.29, 0.717) is 19.8 Å². The fourth-order valence-electron chi connectivity index (χ4n) is 1.71. The summed E-state index contributed by atoms with van der Waals surface area (Å²) in [6.07, 6.45) is 0. The van der Waals surface area contributed by atoms with Crippen molar-refractivity contribution in [2.24, 2.45) is 5.73 Å². The van der Waals surface area contributed by atoms with Crippen molar-refractivity contribution in [3.8, 4) is 0 Å². The van der Waals surface area contributed by atoms with E-state index >= 15 is 0 Å². The summed E-state index contributed by atoms with van der Waals surface area (Å²) in [4.78, 5) is 2.23. The number of hydrogen-bond acceptors (Lipinski definition) is 4. The van der Waals surface area contributed by atoms with Crippen molar-refractivity contribution in [2.75, 3.05) is 45.4 Å². The lowest BCUT2D eigenvalue weighted by Gasteiger charge is -2.25. The molecule has 0 saturated heterocycles. The Kier molecular flexibility index (Phi) is 7.27. The molecule has 4 nitrogen and oxygen atoms in total. The van der Waals surface area contributed by atoms with Crippen LogP contribution < -0.4 is 10.6 Å². The Morgan fingerprint density at radius 1 is 1.11 bits per heavy atom. The maximum atomic E-state index is 5.70. The van der Waals surface area contributed by atoms with Gasteiger partial charge in [0.05, 0.1) is 13.2 Å². The van der Waals surface area contributed by atoms with E-state index < -0.39 is 0 Å². The fourth-order valence-corrected chi connectivity index (χ4v) is 2.24. The molecule has 0 fully saturated rings. The molecule has 0 unspecified atom stereocenters. The first-order valence-electron chi connectivity index (χ1n) is 5.93. The number of benzene rings is 1. The highest BCUT2D eigenvalue weighted by atomic mass is 79.9. The second-order valence-electron chi connectivity index (χ2n) is 3.99. The molecule has 0 aromatic heterocycles. The van der Waals surface area contributed by atoms with Crippen LogP contribution in [0.4, 0.5) is 5.69 Å². The normalized spacial score (nSPS) is 10.7. The summed E-state index contributed by atoms with van der Waals surface area (Å²) < 4.78 is 11.3. The summed E-state index contributed by atoms with van der Waals surface area (Å²) in [5.41, 5.74) is 7.95. The number of nitrogens with two attached hydrogens (primary N) is 1. The molecule has 0 aliphatic carbocycles. The quantitative estimate of drug-likeness (QED) is 0.797. The molecule has 1 rings (SSSR count). The molecular formula is C13H21BrN2O2. The van der Waals surface area contributed by atoms with Crippen LogP contribution in [0.1, 0.15) is 5.56 Å². The third-order valence-corrected chi connectivity index (χ3v) is 3.13. The number of methoxy groups -OCH3 is 2. The Morgan fingerprint density at radius 2 is 1.72 bits per heavy atom. The minimum atomic E-state index is 0.537. The van der Waals surface area contributed by atoms with E-state index in [2.05, 4.69) is 33.0 Å². The SMILES string of the molecule is COCCN(CCOC)c1cc(Br)cc(CN)c1. The van der Waals surface area contributed by atoms with Crippen molar-refractivity contribution in [2.45, 2.75) is 6.54 Å². The molecule has 5 heteroatoms. The second kappa shape index (κ2) is 8.48. The number of ether oxygens (including phenoxy) is 2. The molecule has 0 atom stereocenters. The minimum absolute atomic E-state index is 0.537. The average Bonchev–Trinajstić information content (AvgIpc) is 2.38. The molecule has 0 heterocycles. The maximum absolute atomic E-state index is 5.70. The molecule has 0 spiro atoms. The predicted molar refractivity (Wildman–Crippen MR) is 78.0 cm³/mol. The van der Waals surface area contributed by atoms with E-state index in [-0.39, 0.29) is 0 Å². The van der Waals surface area contributed by atoms with Gasteiger partial charge in [-0.15, -0.1) is 0 Å². The Labute approximate surface area is 117 Å². The lowest BCUT2D eigenvalue weighted by molar-refractivity contribution is 0.190. The van der Waals surface area contributed by atoms with Crippen molar-refractivity contribution < 1.29 is 9.47 Å². The van der Waals surface area contributed by atoms with E-state index in [1.165, 1.54) is 0 Å². The third kappa shape index (κ3) is 4.94. The Morgan fingerprint density at radius 3 is 2.22 bits per heavy atom. The largest absolute Gasteiger partial charge is 0.383 e. The number of nitrogens with zero attached hydrogens (tertiary/aromatic N) is 1. The van der Waals surface area contributed by atoms with E-state index in [1.54, 1.807) is 14.2 Å². The molecule has 0 amide bonds. The number of anilines is 1. The topological polar surface area (TPSA) is 47.7 Å². The van der Waals surface area contributed by atoms with Gasteiger partial charge in [0.25, 0.3) is 0 Å². The molecule has 0 aliphatic rings. The zero-order valence-electron chi connectivity index (χ0n) is 11.0. The van der Waals surface area contributed by atoms with Gasteiger partial charge in [0.1, 0.15) is 0 Å². The van der Waals surface area contributed by atoms with Gasteiger partial charge in [0.15, 0.2) is 0 Å². The van der Waals surface area contributed by atoms with Gasteiger partial charge in [-0.1, -0.05) is 15.9 Å². The smallest absolute Gasteiger partial charge is 0.0637 e. The highest BCUT2D eigenvalue weighted by Crippen LogP contribution is 2.22. The van der Waals surface area contributed by atoms with Gasteiger partial charge in [-0.05, 0) is 23.8 Å². The van der Waals surface area contributed by atoms with Crippen LogP contribution in [0.5, 0.6) is 0 Å². The highest BCUT2D eigenvalue weighted by molar-refractivity contribution is 9.10. The van der Waals surface area contributed by atoms with Crippen LogP contribution in [-0.4, -0.2) is 40.5 Å². The summed E-state index contributed by atoms with van der Waals surface area (Å²) in [5.74, 6) is 0. The van der Waals surface area contributed by atoms with Gasteiger partial charge >= 0.3 is 0 Å². The molecule has 102 valence electrons. The standard InChI is InChI=1S/C13H21BrN2O2/c1-17-5-3-16(4-6-18-2)13-8-11(10-15)7-12(14)9-13/h7-9H,3-6,10,15H2,1-2H3. The van der Waals surface area contributed by atoms with Crippen molar-refractivity contribution in [1.29, 1.82) is 0 Å². The van der Waals surface area contributed by atoms with Crippen molar-refractivity contribution in [3.63, 3.8) is 0 Å². The van der Waals surface area contributed by atoms with E-state index in [4.69, 9.17) is 15.2 Å².